The number of nitrogens with one attached hydrogen (secondary N) is 2. The van der Waals surface area contributed by atoms with Crippen molar-refractivity contribution >= 4 is 27.7 Å². The maximum Gasteiger partial charge on any atom is 0.407 e. The fraction of sp³-hybridized carbons (Fsp3) is 0.500. The van der Waals surface area contributed by atoms with E-state index in [0.29, 0.717) is 12.2 Å². The first-order valence-electron chi connectivity index (χ1n) is 12.5. The molecule has 10 heteroatoms. The van der Waals surface area contributed by atoms with Crippen molar-refractivity contribution in [3.05, 3.63) is 64.2 Å². The van der Waals surface area contributed by atoms with Crippen LogP contribution in [0.4, 0.5) is 4.79 Å². The van der Waals surface area contributed by atoms with E-state index in [4.69, 9.17) is 21.4 Å². The van der Waals surface area contributed by atoms with Gasteiger partial charge in [-0.15, -0.1) is 0 Å². The second-order valence-corrected chi connectivity index (χ2v) is 12.4. The number of nitrogens with zero attached hydrogens (tertiary/aromatic N) is 1. The maximum atomic E-state index is 12.5. The van der Waals surface area contributed by atoms with E-state index < -0.39 is 21.4 Å². The van der Waals surface area contributed by atoms with Gasteiger partial charge in [0.05, 0.1) is 5.25 Å². The molecule has 2 fully saturated rings. The summed E-state index contributed by atoms with van der Waals surface area (Å²) < 4.78 is 33.6. The fourth-order valence-electron chi connectivity index (χ4n) is 5.82. The first kappa shape index (κ1) is 25.3. The first-order chi connectivity index (χ1) is 17.3. The normalized spacial score (nSPS) is 23.1. The molecule has 3 aliphatic rings. The van der Waals surface area contributed by atoms with Crippen molar-refractivity contribution in [2.24, 2.45) is 0 Å². The molecule has 1 saturated heterocycles. The highest BCUT2D eigenvalue weighted by molar-refractivity contribution is 7.90. The molecule has 2 aliphatic heterocycles. The molecule has 1 aliphatic carbocycles. The molecule has 2 unspecified atom stereocenters. The van der Waals surface area contributed by atoms with Crippen molar-refractivity contribution in [3.8, 4) is 5.75 Å². The number of sulfonamides is 1. The van der Waals surface area contributed by atoms with Crippen molar-refractivity contribution < 1.29 is 23.1 Å². The van der Waals surface area contributed by atoms with Crippen molar-refractivity contribution in [3.63, 3.8) is 0 Å². The molecule has 0 aromatic heterocycles. The van der Waals surface area contributed by atoms with Gasteiger partial charge in [0.2, 0.25) is 10.0 Å². The summed E-state index contributed by atoms with van der Waals surface area (Å²) in [6.45, 7) is 1.47. The lowest BCUT2D eigenvalue weighted by molar-refractivity contribution is 0.156. The fourth-order valence-corrected chi connectivity index (χ4v) is 7.34. The monoisotopic (exact) mass is 533 g/mol. The summed E-state index contributed by atoms with van der Waals surface area (Å²) in [4.78, 5) is 12.2. The molecule has 0 radical (unpaired) electrons. The Hall–Kier alpha value is -2.33. The third-order valence-electron chi connectivity index (χ3n) is 7.92. The van der Waals surface area contributed by atoms with E-state index in [1.54, 1.807) is 0 Å². The lowest BCUT2D eigenvalue weighted by Crippen LogP contribution is -2.49. The van der Waals surface area contributed by atoms with Crippen LogP contribution in [0.2, 0.25) is 5.02 Å². The van der Waals surface area contributed by atoms with Crippen molar-refractivity contribution in [2.45, 2.75) is 48.8 Å². The molecule has 5 rings (SSSR count). The number of halogens is 1. The third-order valence-corrected chi connectivity index (χ3v) is 10.0. The van der Waals surface area contributed by atoms with Gasteiger partial charge in [-0.1, -0.05) is 36.2 Å². The molecule has 1 saturated carbocycles. The number of amides is 1. The Balaban J connectivity index is 1.24. The first-order valence-corrected chi connectivity index (χ1v) is 14.4. The number of carbonyl (C=O) groups is 1. The average Bonchev–Trinajstić information content (AvgIpc) is 3.35. The molecule has 2 aromatic carbocycles. The van der Waals surface area contributed by atoms with Crippen LogP contribution in [-0.2, 0) is 21.9 Å². The van der Waals surface area contributed by atoms with Crippen molar-refractivity contribution in [1.29, 1.82) is 0 Å². The maximum absolute atomic E-state index is 12.5. The number of hydrogen-bond acceptors (Lipinski definition) is 5. The topological polar surface area (TPSA) is 108 Å². The van der Waals surface area contributed by atoms with Crippen LogP contribution in [0.3, 0.4) is 0 Å². The number of hydrogen-bond donors (Lipinski definition) is 3. The van der Waals surface area contributed by atoms with E-state index in [1.165, 1.54) is 23.1 Å². The van der Waals surface area contributed by atoms with Crippen LogP contribution in [0.5, 0.6) is 5.75 Å². The van der Waals surface area contributed by atoms with E-state index in [0.717, 1.165) is 35.7 Å². The van der Waals surface area contributed by atoms with Gasteiger partial charge in [-0.25, -0.2) is 17.9 Å². The highest BCUT2D eigenvalue weighted by Crippen LogP contribution is 2.53. The molecule has 0 spiro atoms. The molecule has 2 heterocycles. The number of ether oxygens (including phenoxy) is 1. The van der Waals surface area contributed by atoms with Gasteiger partial charge in [-0.2, -0.15) is 0 Å². The number of rotatable bonds is 8. The van der Waals surface area contributed by atoms with Crippen LogP contribution in [0, 0.1) is 0 Å². The van der Waals surface area contributed by atoms with Crippen LogP contribution in [0.25, 0.3) is 0 Å². The number of likely N-dealkylation sites (tertiary alicyclic amines) is 1. The molecule has 2 atom stereocenters. The van der Waals surface area contributed by atoms with E-state index in [9.17, 15) is 13.2 Å². The van der Waals surface area contributed by atoms with Gasteiger partial charge in [0, 0.05) is 36.1 Å². The molecule has 0 bridgehead atoms. The van der Waals surface area contributed by atoms with E-state index in [1.807, 2.05) is 18.2 Å². The van der Waals surface area contributed by atoms with Crippen molar-refractivity contribution in [1.82, 2.24) is 14.9 Å². The van der Waals surface area contributed by atoms with Gasteiger partial charge >= 0.3 is 6.09 Å². The van der Waals surface area contributed by atoms with Crippen LogP contribution >= 0.6 is 11.6 Å². The Morgan fingerprint density at radius 1 is 1.22 bits per heavy atom. The Morgan fingerprint density at radius 2 is 2.00 bits per heavy atom. The number of benzene rings is 2. The third kappa shape index (κ3) is 4.94. The summed E-state index contributed by atoms with van der Waals surface area (Å²) in [5.41, 5.74) is 3.89. The van der Waals surface area contributed by atoms with Gasteiger partial charge in [-0.05, 0) is 73.2 Å². The van der Waals surface area contributed by atoms with Crippen LogP contribution < -0.4 is 14.8 Å². The zero-order valence-electron chi connectivity index (χ0n) is 20.1. The highest BCUT2D eigenvalue weighted by atomic mass is 35.5. The highest BCUT2D eigenvalue weighted by Gasteiger charge is 2.47. The second-order valence-electron chi connectivity index (χ2n) is 9.94. The van der Waals surface area contributed by atoms with Gasteiger partial charge in [-0.3, -0.25) is 0 Å². The summed E-state index contributed by atoms with van der Waals surface area (Å²) in [5, 5.41) is 12.8. The number of carboxylic acid groups (broad SMARTS) is 1. The largest absolute Gasteiger partial charge is 0.492 e. The molecule has 2 aromatic rings. The number of fused-ring (bicyclic) bond motifs is 1. The second kappa shape index (κ2) is 10.2. The van der Waals surface area contributed by atoms with Gasteiger partial charge < -0.3 is 20.1 Å². The molecule has 36 heavy (non-hydrogen) atoms. The molecule has 8 nitrogen and oxygen atoms in total. The lowest BCUT2D eigenvalue weighted by Gasteiger charge is -2.50. The molecular formula is C26H32ClN3O5S. The van der Waals surface area contributed by atoms with Crippen LogP contribution in [0.15, 0.2) is 42.5 Å². The van der Waals surface area contributed by atoms with E-state index >= 15 is 0 Å². The van der Waals surface area contributed by atoms with E-state index in [2.05, 4.69) is 34.3 Å². The summed E-state index contributed by atoms with van der Waals surface area (Å²) in [6.07, 6.45) is 3.58. The standard InChI is InChI=1S/C26H32ClN3O5S/c27-20-5-3-19(4-6-20)26(10-1-11-26)24-23-16-21(7-2-18(23)8-12-28-24)35-15-13-29-36(33,34)22-9-14-30(17-22)25(31)32/h2-7,16,22,24,28-29H,1,8-15,17H2,(H,31,32). The zero-order chi connectivity index (χ0) is 25.3. The zero-order valence-corrected chi connectivity index (χ0v) is 21.7. The molecule has 3 N–H and O–H groups in total. The van der Waals surface area contributed by atoms with Gasteiger partial charge in [0.25, 0.3) is 0 Å². The predicted molar refractivity (Wildman–Crippen MR) is 138 cm³/mol. The smallest absolute Gasteiger partial charge is 0.407 e. The van der Waals surface area contributed by atoms with E-state index in [-0.39, 0.29) is 37.7 Å². The Morgan fingerprint density at radius 3 is 2.67 bits per heavy atom. The van der Waals surface area contributed by atoms with Crippen LogP contribution in [0.1, 0.15) is 48.4 Å². The van der Waals surface area contributed by atoms with Gasteiger partial charge in [0.1, 0.15) is 12.4 Å². The Bertz CT molecular complexity index is 1220. The molecular weight excluding hydrogens is 502 g/mol. The summed E-state index contributed by atoms with van der Waals surface area (Å²) in [7, 11) is -3.61. The molecule has 194 valence electrons. The minimum Gasteiger partial charge on any atom is -0.492 e. The summed E-state index contributed by atoms with van der Waals surface area (Å²) >= 11 is 6.15. The summed E-state index contributed by atoms with van der Waals surface area (Å²) in [5.74, 6) is 0.713. The summed E-state index contributed by atoms with van der Waals surface area (Å²) in [6, 6.07) is 14.6. The minimum absolute atomic E-state index is 0.000103. The van der Waals surface area contributed by atoms with Crippen molar-refractivity contribution in [2.75, 3.05) is 32.8 Å². The van der Waals surface area contributed by atoms with Gasteiger partial charge in [0.15, 0.2) is 0 Å². The average molecular weight is 534 g/mol. The van der Waals surface area contributed by atoms with Crippen LogP contribution in [-0.4, -0.2) is 62.6 Å². The molecule has 1 amide bonds. The quantitative estimate of drug-likeness (QED) is 0.447. The SMILES string of the molecule is O=C(O)N1CCC(S(=O)(=O)NCCOc2ccc3c(c2)C(C2(c4ccc(Cl)cc4)CCC2)NCC3)C1. The Labute approximate surface area is 217 Å². The minimum atomic E-state index is -3.61. The Kier molecular flexibility index (Phi) is 7.18. The lowest BCUT2D eigenvalue weighted by atomic mass is 9.58. The predicted octanol–water partition coefficient (Wildman–Crippen LogP) is 3.70.